The van der Waals surface area contributed by atoms with Gasteiger partial charge in [-0.1, -0.05) is 6.07 Å². The molecule has 0 fully saturated rings. The van der Waals surface area contributed by atoms with E-state index in [1.165, 1.54) is 0 Å². The lowest BCUT2D eigenvalue weighted by Gasteiger charge is -2.24. The van der Waals surface area contributed by atoms with Crippen molar-refractivity contribution in [1.82, 2.24) is 15.5 Å². The van der Waals surface area contributed by atoms with E-state index in [0.29, 0.717) is 13.1 Å². The first-order chi connectivity index (χ1) is 13.0. The first-order valence-electron chi connectivity index (χ1n) is 8.98. The molecule has 0 aliphatic heterocycles. The summed E-state index contributed by atoms with van der Waals surface area (Å²) in [6.07, 6.45) is 1.65. The monoisotopic (exact) mass is 374 g/mol. The minimum absolute atomic E-state index is 0.0367. The van der Waals surface area contributed by atoms with E-state index in [1.807, 2.05) is 57.4 Å². The van der Waals surface area contributed by atoms with Gasteiger partial charge in [-0.3, -0.25) is 9.89 Å². The molecule has 148 valence electrons. The van der Waals surface area contributed by atoms with E-state index in [4.69, 9.17) is 13.9 Å². The molecule has 1 aromatic heterocycles. The number of guanidine groups is 1. The van der Waals surface area contributed by atoms with Crippen LogP contribution in [0.3, 0.4) is 0 Å². The third-order valence-corrected chi connectivity index (χ3v) is 4.12. The van der Waals surface area contributed by atoms with Crippen LogP contribution in [0.1, 0.15) is 18.7 Å². The first kappa shape index (κ1) is 20.6. The Bertz CT molecular complexity index is 701. The van der Waals surface area contributed by atoms with Gasteiger partial charge in [0.2, 0.25) is 0 Å². The predicted octanol–water partition coefficient (Wildman–Crippen LogP) is 2.52. The van der Waals surface area contributed by atoms with Gasteiger partial charge in [0, 0.05) is 19.7 Å². The largest absolute Gasteiger partial charge is 0.497 e. The summed E-state index contributed by atoms with van der Waals surface area (Å²) in [4.78, 5) is 6.38. The molecule has 2 N–H and O–H groups in total. The Morgan fingerprint density at radius 3 is 2.52 bits per heavy atom. The quantitative estimate of drug-likeness (QED) is 0.519. The van der Waals surface area contributed by atoms with Crippen LogP contribution in [0.25, 0.3) is 0 Å². The molecule has 0 saturated carbocycles. The number of nitrogens with zero attached hydrogens (tertiary/aromatic N) is 2. The van der Waals surface area contributed by atoms with E-state index in [0.717, 1.165) is 23.2 Å². The van der Waals surface area contributed by atoms with Crippen molar-refractivity contribution in [2.45, 2.75) is 19.1 Å². The van der Waals surface area contributed by atoms with Crippen LogP contribution in [0.15, 0.2) is 52.1 Å². The van der Waals surface area contributed by atoms with Crippen molar-refractivity contribution in [2.24, 2.45) is 4.99 Å². The Morgan fingerprint density at radius 2 is 1.89 bits per heavy atom. The number of methoxy groups -OCH3 is 1. The van der Waals surface area contributed by atoms with Gasteiger partial charge >= 0.3 is 0 Å². The second kappa shape index (κ2) is 10.5. The van der Waals surface area contributed by atoms with E-state index < -0.39 is 0 Å². The zero-order valence-electron chi connectivity index (χ0n) is 16.7. The number of ether oxygens (including phenoxy) is 2. The molecule has 0 saturated heterocycles. The van der Waals surface area contributed by atoms with Crippen LogP contribution in [0.5, 0.6) is 11.5 Å². The summed E-state index contributed by atoms with van der Waals surface area (Å²) >= 11 is 0. The molecule has 1 heterocycles. The molecule has 2 aromatic rings. The maximum atomic E-state index is 5.93. The van der Waals surface area contributed by atoms with Crippen molar-refractivity contribution in [3.05, 3.63) is 48.4 Å². The highest BCUT2D eigenvalue weighted by Crippen LogP contribution is 2.20. The van der Waals surface area contributed by atoms with Crippen LogP contribution in [-0.4, -0.2) is 58.3 Å². The Labute approximate surface area is 161 Å². The van der Waals surface area contributed by atoms with Gasteiger partial charge in [0.25, 0.3) is 0 Å². The van der Waals surface area contributed by atoms with Crippen LogP contribution in [0, 0.1) is 0 Å². The molecule has 0 radical (unpaired) electrons. The summed E-state index contributed by atoms with van der Waals surface area (Å²) in [6, 6.07) is 11.6. The number of rotatable bonds is 9. The predicted molar refractivity (Wildman–Crippen MR) is 108 cm³/mol. The molecule has 27 heavy (non-hydrogen) atoms. The van der Waals surface area contributed by atoms with Crippen LogP contribution < -0.4 is 20.1 Å². The Morgan fingerprint density at radius 1 is 1.15 bits per heavy atom. The SMILES string of the molecule is CN=C(NCC(C)Oc1cccc(OC)c1)NCC(c1ccco1)N(C)C. The number of aliphatic imine (C=N–C) groups is 1. The molecule has 0 aliphatic carbocycles. The highest BCUT2D eigenvalue weighted by molar-refractivity contribution is 5.79. The molecule has 0 aliphatic rings. The summed E-state index contributed by atoms with van der Waals surface area (Å²) in [5.74, 6) is 3.18. The Kier molecular flexibility index (Phi) is 8.00. The number of nitrogens with one attached hydrogen (secondary N) is 2. The molecule has 7 nitrogen and oxygen atoms in total. The van der Waals surface area contributed by atoms with Crippen molar-refractivity contribution in [2.75, 3.05) is 41.3 Å². The highest BCUT2D eigenvalue weighted by atomic mass is 16.5. The van der Waals surface area contributed by atoms with Gasteiger partial charge < -0.3 is 24.5 Å². The van der Waals surface area contributed by atoms with Gasteiger partial charge in [-0.25, -0.2) is 0 Å². The lowest BCUT2D eigenvalue weighted by Crippen LogP contribution is -2.44. The zero-order valence-corrected chi connectivity index (χ0v) is 16.7. The third kappa shape index (κ3) is 6.53. The van der Waals surface area contributed by atoms with Gasteiger partial charge in [-0.2, -0.15) is 0 Å². The van der Waals surface area contributed by atoms with E-state index >= 15 is 0 Å². The minimum Gasteiger partial charge on any atom is -0.497 e. The second-order valence-electron chi connectivity index (χ2n) is 6.44. The zero-order chi connectivity index (χ0) is 19.6. The van der Waals surface area contributed by atoms with Crippen LogP contribution in [-0.2, 0) is 0 Å². The van der Waals surface area contributed by atoms with Gasteiger partial charge in [0.1, 0.15) is 23.4 Å². The standard InChI is InChI=1S/C20H30N4O3/c1-15(27-17-9-6-8-16(12-17)25-5)13-22-20(21-2)23-14-18(24(3)4)19-10-7-11-26-19/h6-12,15,18H,13-14H2,1-5H3,(H2,21,22,23). The average Bonchev–Trinajstić information content (AvgIpc) is 3.18. The van der Waals surface area contributed by atoms with Crippen molar-refractivity contribution in [3.8, 4) is 11.5 Å². The smallest absolute Gasteiger partial charge is 0.191 e. The molecule has 2 rings (SSSR count). The normalized spacial score (nSPS) is 13.9. The molecule has 7 heteroatoms. The van der Waals surface area contributed by atoms with Crippen LogP contribution >= 0.6 is 0 Å². The first-order valence-corrected chi connectivity index (χ1v) is 8.98. The van der Waals surface area contributed by atoms with Gasteiger partial charge in [0.15, 0.2) is 5.96 Å². The molecule has 1 aromatic carbocycles. The van der Waals surface area contributed by atoms with Crippen molar-refractivity contribution in [3.63, 3.8) is 0 Å². The molecular formula is C20H30N4O3. The molecule has 0 bridgehead atoms. The topological polar surface area (TPSA) is 71.3 Å². The summed E-state index contributed by atoms with van der Waals surface area (Å²) in [5.41, 5.74) is 0. The fourth-order valence-electron chi connectivity index (χ4n) is 2.62. The van der Waals surface area contributed by atoms with Gasteiger partial charge in [-0.05, 0) is 45.3 Å². The minimum atomic E-state index is -0.0367. The summed E-state index contributed by atoms with van der Waals surface area (Å²) < 4.78 is 16.7. The Hall–Kier alpha value is -2.67. The summed E-state index contributed by atoms with van der Waals surface area (Å²) in [5, 5.41) is 6.63. The third-order valence-electron chi connectivity index (χ3n) is 4.12. The molecule has 2 atom stereocenters. The number of likely N-dealkylation sites (N-methyl/N-ethyl adjacent to an activating group) is 1. The molecule has 2 unspecified atom stereocenters. The molecular weight excluding hydrogens is 344 g/mol. The average molecular weight is 374 g/mol. The second-order valence-corrected chi connectivity index (χ2v) is 6.44. The maximum absolute atomic E-state index is 5.93. The van der Waals surface area contributed by atoms with Crippen LogP contribution in [0.4, 0.5) is 0 Å². The molecule has 0 amide bonds. The number of hydrogen-bond donors (Lipinski definition) is 2. The molecule has 0 spiro atoms. The maximum Gasteiger partial charge on any atom is 0.191 e. The lowest BCUT2D eigenvalue weighted by atomic mass is 10.2. The van der Waals surface area contributed by atoms with E-state index in [9.17, 15) is 0 Å². The van der Waals surface area contributed by atoms with Crippen molar-refractivity contribution in [1.29, 1.82) is 0 Å². The van der Waals surface area contributed by atoms with E-state index in [2.05, 4.69) is 20.5 Å². The van der Waals surface area contributed by atoms with Gasteiger partial charge in [-0.15, -0.1) is 0 Å². The summed E-state index contributed by atoms with van der Waals surface area (Å²) in [6.45, 7) is 3.29. The Balaban J connectivity index is 1.82. The fourth-order valence-corrected chi connectivity index (χ4v) is 2.62. The number of benzene rings is 1. The summed E-state index contributed by atoms with van der Waals surface area (Å²) in [7, 11) is 7.44. The van der Waals surface area contributed by atoms with E-state index in [1.54, 1.807) is 20.4 Å². The van der Waals surface area contributed by atoms with Crippen molar-refractivity contribution >= 4 is 5.96 Å². The lowest BCUT2D eigenvalue weighted by molar-refractivity contribution is 0.222. The number of hydrogen-bond acceptors (Lipinski definition) is 5. The van der Waals surface area contributed by atoms with Crippen LogP contribution in [0.2, 0.25) is 0 Å². The number of furan rings is 1. The van der Waals surface area contributed by atoms with Crippen molar-refractivity contribution < 1.29 is 13.9 Å². The van der Waals surface area contributed by atoms with Gasteiger partial charge in [0.05, 0.1) is 26.0 Å². The van der Waals surface area contributed by atoms with E-state index in [-0.39, 0.29) is 12.1 Å². The highest BCUT2D eigenvalue weighted by Gasteiger charge is 2.17. The fraction of sp³-hybridized carbons (Fsp3) is 0.450.